The summed E-state index contributed by atoms with van der Waals surface area (Å²) in [6.07, 6.45) is 2.55. The second kappa shape index (κ2) is 11.9. The van der Waals surface area contributed by atoms with Gasteiger partial charge in [0.05, 0.1) is 0 Å². The average Bonchev–Trinajstić information content (AvgIpc) is 2.77. The van der Waals surface area contributed by atoms with E-state index in [0.29, 0.717) is 18.1 Å². The molecule has 0 unspecified atom stereocenters. The summed E-state index contributed by atoms with van der Waals surface area (Å²) in [5.74, 6) is 0.932. The summed E-state index contributed by atoms with van der Waals surface area (Å²) in [4.78, 5) is 11.9. The molecule has 4 rings (SSSR count). The molecule has 0 aliphatic heterocycles. The van der Waals surface area contributed by atoms with Crippen molar-refractivity contribution in [1.82, 2.24) is 0 Å². The Morgan fingerprint density at radius 1 is 0.839 bits per heavy atom. The zero-order valence-electron chi connectivity index (χ0n) is 16.4. The minimum atomic E-state index is 0.214. The first kappa shape index (κ1) is 24.8. The fraction of sp³-hybridized carbons (Fsp3) is 0.208. The quantitative estimate of drug-likeness (QED) is 0.264. The number of ether oxygens (including phenoxy) is 1. The van der Waals surface area contributed by atoms with Crippen LogP contribution < -0.4 is 4.74 Å². The Morgan fingerprint density at radius 3 is 2.13 bits per heavy atom. The van der Waals surface area contributed by atoms with Gasteiger partial charge in [-0.15, -0.1) is 0 Å². The van der Waals surface area contributed by atoms with E-state index in [4.69, 9.17) is 27.9 Å². The third-order valence-electron chi connectivity index (χ3n) is 4.79. The molecular formula is C24H19Br3Cl2O2. The maximum Gasteiger partial charge on any atom is 0.163 e. The Labute approximate surface area is 217 Å². The second-order valence-corrected chi connectivity index (χ2v) is 10.1. The molecule has 0 spiro atoms. The molecular weight excluding hydrogens is 631 g/mol. The van der Waals surface area contributed by atoms with Crippen LogP contribution in [0.25, 0.3) is 0 Å². The number of hydrogen-bond donors (Lipinski definition) is 0. The van der Waals surface area contributed by atoms with Gasteiger partial charge in [0.2, 0.25) is 0 Å². The van der Waals surface area contributed by atoms with Gasteiger partial charge in [-0.3, -0.25) is 4.79 Å². The number of carbonyl (C=O) groups is 1. The van der Waals surface area contributed by atoms with Crippen molar-refractivity contribution in [3.05, 3.63) is 95.8 Å². The van der Waals surface area contributed by atoms with Crippen LogP contribution in [0, 0.1) is 0 Å². The Balaban J connectivity index is 0.000000229. The Kier molecular flexibility index (Phi) is 9.47. The van der Waals surface area contributed by atoms with Crippen LogP contribution in [0.3, 0.4) is 0 Å². The molecule has 1 aliphatic carbocycles. The second-order valence-electron chi connectivity index (χ2n) is 6.99. The summed E-state index contributed by atoms with van der Waals surface area (Å²) in [7, 11) is 0. The van der Waals surface area contributed by atoms with E-state index < -0.39 is 0 Å². The van der Waals surface area contributed by atoms with Crippen molar-refractivity contribution in [1.29, 1.82) is 0 Å². The SMILES string of the molecule is Clc1ccc(Br)c(CBr)c1.O=C1CCCc2ccc(OCc3cc(Cl)ccc3Br)cc21. The van der Waals surface area contributed by atoms with Crippen LogP contribution in [-0.4, -0.2) is 5.78 Å². The first-order valence-electron chi connectivity index (χ1n) is 9.60. The number of rotatable bonds is 4. The first-order chi connectivity index (χ1) is 14.9. The highest BCUT2D eigenvalue weighted by molar-refractivity contribution is 9.11. The number of fused-ring (bicyclic) bond motifs is 1. The Bertz CT molecular complexity index is 1090. The number of Topliss-reactive ketones (excluding diaryl/α,β-unsaturated/α-hetero) is 1. The molecule has 0 radical (unpaired) electrons. The maximum atomic E-state index is 11.9. The lowest BCUT2D eigenvalue weighted by molar-refractivity contribution is 0.0972. The zero-order chi connectivity index (χ0) is 22.4. The van der Waals surface area contributed by atoms with E-state index in [1.807, 2.05) is 54.6 Å². The van der Waals surface area contributed by atoms with Gasteiger partial charge in [0.1, 0.15) is 12.4 Å². The van der Waals surface area contributed by atoms with Gasteiger partial charge >= 0.3 is 0 Å². The van der Waals surface area contributed by atoms with Gasteiger partial charge in [0, 0.05) is 41.9 Å². The van der Waals surface area contributed by atoms with Gasteiger partial charge < -0.3 is 4.74 Å². The van der Waals surface area contributed by atoms with Crippen molar-refractivity contribution in [3.8, 4) is 5.75 Å². The van der Waals surface area contributed by atoms with E-state index in [1.165, 1.54) is 5.56 Å². The maximum absolute atomic E-state index is 11.9. The van der Waals surface area contributed by atoms with Crippen LogP contribution in [0.15, 0.2) is 63.5 Å². The van der Waals surface area contributed by atoms with E-state index in [0.717, 1.165) is 54.6 Å². The first-order valence-corrected chi connectivity index (χ1v) is 13.1. The number of halogens is 5. The minimum absolute atomic E-state index is 0.214. The van der Waals surface area contributed by atoms with Gasteiger partial charge in [-0.1, -0.05) is 77.1 Å². The molecule has 0 heterocycles. The van der Waals surface area contributed by atoms with Crippen LogP contribution in [-0.2, 0) is 18.4 Å². The third kappa shape index (κ3) is 7.06. The Morgan fingerprint density at radius 2 is 1.48 bits per heavy atom. The summed E-state index contributed by atoms with van der Waals surface area (Å²) in [5, 5.41) is 2.28. The molecule has 0 saturated carbocycles. The molecule has 0 aromatic heterocycles. The standard InChI is InChI=1S/C17H14BrClO2.C7H5Br2Cl/c18-16-7-5-13(19)8-12(16)10-21-14-6-4-11-2-1-3-17(20)15(11)9-14;8-4-5-3-6(10)1-2-7(5)9/h4-9H,1-3,10H2;1-3H,4H2. The van der Waals surface area contributed by atoms with Gasteiger partial charge in [-0.05, 0) is 72.5 Å². The summed E-state index contributed by atoms with van der Waals surface area (Å²) in [5.41, 5.74) is 4.09. The van der Waals surface area contributed by atoms with Crippen LogP contribution in [0.1, 0.15) is 39.9 Å². The molecule has 162 valence electrons. The summed E-state index contributed by atoms with van der Waals surface area (Å²) >= 11 is 22.0. The molecule has 0 bridgehead atoms. The summed E-state index contributed by atoms with van der Waals surface area (Å²) in [6, 6.07) is 17.1. The molecule has 0 amide bonds. The monoisotopic (exact) mass is 646 g/mol. The number of alkyl halides is 1. The molecule has 2 nitrogen and oxygen atoms in total. The lowest BCUT2D eigenvalue weighted by Crippen LogP contribution is -2.10. The number of benzene rings is 3. The van der Waals surface area contributed by atoms with E-state index in [-0.39, 0.29) is 5.78 Å². The molecule has 0 atom stereocenters. The molecule has 0 saturated heterocycles. The molecule has 7 heteroatoms. The highest BCUT2D eigenvalue weighted by Crippen LogP contribution is 2.27. The predicted molar refractivity (Wildman–Crippen MR) is 139 cm³/mol. The van der Waals surface area contributed by atoms with Crippen molar-refractivity contribution in [2.75, 3.05) is 0 Å². The van der Waals surface area contributed by atoms with Gasteiger partial charge in [-0.2, -0.15) is 0 Å². The topological polar surface area (TPSA) is 26.3 Å². The average molecular weight is 650 g/mol. The molecule has 0 N–H and O–H groups in total. The van der Waals surface area contributed by atoms with Crippen LogP contribution in [0.2, 0.25) is 10.0 Å². The summed E-state index contributed by atoms with van der Waals surface area (Å²) < 4.78 is 7.85. The summed E-state index contributed by atoms with van der Waals surface area (Å²) in [6.45, 7) is 0.411. The van der Waals surface area contributed by atoms with E-state index >= 15 is 0 Å². The number of carbonyl (C=O) groups excluding carboxylic acids is 1. The molecule has 1 aliphatic rings. The normalized spacial score (nSPS) is 12.6. The lowest BCUT2D eigenvalue weighted by Gasteiger charge is -2.16. The molecule has 31 heavy (non-hydrogen) atoms. The van der Waals surface area contributed by atoms with Crippen molar-refractivity contribution in [2.24, 2.45) is 0 Å². The van der Waals surface area contributed by atoms with Crippen LogP contribution >= 0.6 is 71.0 Å². The minimum Gasteiger partial charge on any atom is -0.489 e. The smallest absolute Gasteiger partial charge is 0.163 e. The van der Waals surface area contributed by atoms with E-state index in [9.17, 15) is 4.79 Å². The third-order valence-corrected chi connectivity index (χ3v) is 7.41. The number of ketones is 1. The van der Waals surface area contributed by atoms with E-state index in [2.05, 4.69) is 47.8 Å². The fourth-order valence-electron chi connectivity index (χ4n) is 3.16. The van der Waals surface area contributed by atoms with Gasteiger partial charge in [0.25, 0.3) is 0 Å². The van der Waals surface area contributed by atoms with Crippen LogP contribution in [0.5, 0.6) is 5.75 Å². The Hall–Kier alpha value is -0.850. The lowest BCUT2D eigenvalue weighted by atomic mass is 9.90. The zero-order valence-corrected chi connectivity index (χ0v) is 22.7. The van der Waals surface area contributed by atoms with Gasteiger partial charge in [-0.25, -0.2) is 0 Å². The van der Waals surface area contributed by atoms with Crippen molar-refractivity contribution in [2.45, 2.75) is 31.2 Å². The molecule has 3 aromatic rings. The van der Waals surface area contributed by atoms with Crippen molar-refractivity contribution >= 4 is 76.8 Å². The van der Waals surface area contributed by atoms with Crippen molar-refractivity contribution in [3.63, 3.8) is 0 Å². The predicted octanol–water partition coefficient (Wildman–Crippen LogP) is 9.20. The molecule has 0 fully saturated rings. The highest BCUT2D eigenvalue weighted by Gasteiger charge is 2.17. The number of aryl methyl sites for hydroxylation is 1. The largest absolute Gasteiger partial charge is 0.489 e. The fourth-order valence-corrected chi connectivity index (χ4v) is 5.14. The highest BCUT2D eigenvalue weighted by atomic mass is 79.9. The van der Waals surface area contributed by atoms with Crippen LogP contribution in [0.4, 0.5) is 0 Å². The number of hydrogen-bond acceptors (Lipinski definition) is 2. The van der Waals surface area contributed by atoms with Crippen molar-refractivity contribution < 1.29 is 9.53 Å². The van der Waals surface area contributed by atoms with Gasteiger partial charge in [0.15, 0.2) is 5.78 Å². The molecule has 3 aromatic carbocycles. The van der Waals surface area contributed by atoms with E-state index in [1.54, 1.807) is 0 Å².